The number of carbonyl (C=O) groups excluding carboxylic acids is 4. The Kier molecular flexibility index (Phi) is 15.7. The summed E-state index contributed by atoms with van der Waals surface area (Å²) in [7, 11) is -4.37. The molecule has 0 radical (unpaired) electrons. The van der Waals surface area contributed by atoms with E-state index in [-0.39, 0.29) is 56.4 Å². The minimum atomic E-state index is -4.37. The average Bonchev–Trinajstić information content (AvgIpc) is 4.28. The second-order valence-corrected chi connectivity index (χ2v) is 24.7. The number of ketones is 1. The van der Waals surface area contributed by atoms with Gasteiger partial charge in [0.25, 0.3) is 0 Å². The number of aromatic amines is 1. The maximum absolute atomic E-state index is 15.8. The molecule has 4 aliphatic heterocycles. The summed E-state index contributed by atoms with van der Waals surface area (Å²) in [6, 6.07) is 17.5. The highest BCUT2D eigenvalue weighted by atomic mass is 32.2. The lowest BCUT2D eigenvalue weighted by Gasteiger charge is -2.43. The van der Waals surface area contributed by atoms with Gasteiger partial charge in [0.2, 0.25) is 23.5 Å². The van der Waals surface area contributed by atoms with E-state index < -0.39 is 81.1 Å². The van der Waals surface area contributed by atoms with Crippen molar-refractivity contribution in [3.8, 4) is 21.6 Å². The van der Waals surface area contributed by atoms with Gasteiger partial charge in [0.15, 0.2) is 5.82 Å². The van der Waals surface area contributed by atoms with Crippen molar-refractivity contribution >= 4 is 61.8 Å². The molecule has 3 aromatic heterocycles. The molecule has 0 aliphatic carbocycles. The molecule has 22 heteroatoms. The van der Waals surface area contributed by atoms with Gasteiger partial charge in [-0.15, -0.1) is 11.3 Å². The Morgan fingerprint density at radius 1 is 0.910 bits per heavy atom. The molecule has 4 fully saturated rings. The van der Waals surface area contributed by atoms with E-state index in [0.29, 0.717) is 28.4 Å². The van der Waals surface area contributed by atoms with Gasteiger partial charge in [0, 0.05) is 93.6 Å². The van der Waals surface area contributed by atoms with Crippen molar-refractivity contribution in [1.29, 1.82) is 0 Å². The van der Waals surface area contributed by atoms with Gasteiger partial charge in [-0.2, -0.15) is 12.7 Å². The standard InChI is InChI=1S/C56H63F3N10O7S2/c1-32-51(77-31-63-32)37-7-5-33(6-8-37)21-62-54(73)46-20-41(70)29-69(46)55(74)52(56(2,3)4)64-47(71)30-67-24-34(25-67)15-17-66-26-39(27-66)36-11-9-35(10-12-36)38-19-42-43(23-61-53(42)60-22-38)50(72)48-44(58)13-14-45(49(48)59)65-78(75,76)68-18-16-40(57)28-68/h5-14,19,22-23,31,34,39-41,46,52,65,70H,15-18,20-21,24-30H2,1-4H3,(H,60,61)(H,62,73)(H,64,71)/t40-,41-,46+,52-/m1/s1. The zero-order valence-corrected chi connectivity index (χ0v) is 45.4. The van der Waals surface area contributed by atoms with E-state index in [4.69, 9.17) is 0 Å². The third kappa shape index (κ3) is 11.7. The van der Waals surface area contributed by atoms with Crippen LogP contribution in [0.3, 0.4) is 0 Å². The Hall–Kier alpha value is -6.56. The second kappa shape index (κ2) is 22.3. The van der Waals surface area contributed by atoms with Gasteiger partial charge in [-0.25, -0.2) is 23.1 Å². The fourth-order valence-electron chi connectivity index (χ4n) is 10.9. The fraction of sp³-hybridized carbons (Fsp3) is 0.429. The number of aryl methyl sites for hydroxylation is 1. The molecule has 0 saturated carbocycles. The van der Waals surface area contributed by atoms with E-state index in [9.17, 15) is 37.1 Å². The van der Waals surface area contributed by atoms with Crippen LogP contribution in [0.2, 0.25) is 0 Å². The van der Waals surface area contributed by atoms with Crippen molar-refractivity contribution < 1.29 is 45.9 Å². The van der Waals surface area contributed by atoms with Crippen LogP contribution in [-0.2, 0) is 31.1 Å². The van der Waals surface area contributed by atoms with Gasteiger partial charge in [-0.05, 0) is 78.1 Å². The molecule has 4 aliphatic rings. The van der Waals surface area contributed by atoms with E-state index in [1.54, 1.807) is 23.6 Å². The summed E-state index contributed by atoms with van der Waals surface area (Å²) in [4.78, 5) is 73.6. The third-order valence-electron chi connectivity index (χ3n) is 15.4. The van der Waals surface area contributed by atoms with E-state index >= 15 is 8.78 Å². The van der Waals surface area contributed by atoms with Crippen molar-refractivity contribution in [3.05, 3.63) is 124 Å². The smallest absolute Gasteiger partial charge is 0.301 e. The maximum Gasteiger partial charge on any atom is 0.301 e. The highest BCUT2D eigenvalue weighted by Gasteiger charge is 2.45. The van der Waals surface area contributed by atoms with Crippen LogP contribution in [0.1, 0.15) is 78.7 Å². The lowest BCUT2D eigenvalue weighted by Crippen LogP contribution is -2.60. The van der Waals surface area contributed by atoms with E-state index in [0.717, 1.165) is 82.8 Å². The monoisotopic (exact) mass is 1110 g/mol. The minimum absolute atomic E-state index is 0.00209. The van der Waals surface area contributed by atoms with Crippen LogP contribution in [0.4, 0.5) is 18.9 Å². The number of carbonyl (C=O) groups is 4. The van der Waals surface area contributed by atoms with Crippen molar-refractivity contribution in [2.45, 2.75) is 83.8 Å². The number of aromatic nitrogens is 3. The molecule has 4 atom stereocenters. The van der Waals surface area contributed by atoms with Crippen LogP contribution in [0, 0.1) is 29.9 Å². The van der Waals surface area contributed by atoms with Crippen LogP contribution >= 0.6 is 11.3 Å². The van der Waals surface area contributed by atoms with Crippen LogP contribution in [0.25, 0.3) is 32.6 Å². The number of aliphatic hydroxyl groups excluding tert-OH is 1. The molecule has 78 heavy (non-hydrogen) atoms. The van der Waals surface area contributed by atoms with Gasteiger partial charge < -0.3 is 30.5 Å². The number of likely N-dealkylation sites (tertiary alicyclic amines) is 3. The van der Waals surface area contributed by atoms with Crippen molar-refractivity contribution in [2.75, 3.05) is 63.6 Å². The first-order chi connectivity index (χ1) is 37.2. The summed E-state index contributed by atoms with van der Waals surface area (Å²) < 4.78 is 73.2. The molecule has 6 aromatic rings. The van der Waals surface area contributed by atoms with Crippen LogP contribution < -0.4 is 15.4 Å². The minimum Gasteiger partial charge on any atom is -0.391 e. The Morgan fingerprint density at radius 2 is 1.64 bits per heavy atom. The molecule has 7 heterocycles. The Bertz CT molecular complexity index is 3340. The number of hydrogen-bond donors (Lipinski definition) is 5. The quantitative estimate of drug-likeness (QED) is 0.0594. The average molecular weight is 1110 g/mol. The normalized spacial score (nSPS) is 20.2. The Morgan fingerprint density at radius 3 is 2.32 bits per heavy atom. The summed E-state index contributed by atoms with van der Waals surface area (Å²) in [6.45, 7) is 11.7. The zero-order valence-electron chi connectivity index (χ0n) is 43.8. The number of amides is 3. The van der Waals surface area contributed by atoms with E-state index in [1.807, 2.05) is 74.3 Å². The molecule has 0 bridgehead atoms. The largest absolute Gasteiger partial charge is 0.391 e. The lowest BCUT2D eigenvalue weighted by molar-refractivity contribution is -0.144. The number of hydrogen-bond acceptors (Lipinski definition) is 12. The molecule has 17 nitrogen and oxygen atoms in total. The summed E-state index contributed by atoms with van der Waals surface area (Å²) in [5.74, 6) is -3.85. The van der Waals surface area contributed by atoms with Crippen molar-refractivity contribution in [1.82, 2.24) is 44.6 Å². The predicted molar refractivity (Wildman–Crippen MR) is 290 cm³/mol. The number of nitrogens with zero attached hydrogens (tertiary/aromatic N) is 6. The van der Waals surface area contributed by atoms with Crippen LogP contribution in [0.15, 0.2) is 84.6 Å². The van der Waals surface area contributed by atoms with Crippen LogP contribution in [-0.4, -0.2) is 154 Å². The molecule has 3 amide bonds. The summed E-state index contributed by atoms with van der Waals surface area (Å²) in [5.41, 5.74) is 5.37. The number of pyridine rings is 1. The van der Waals surface area contributed by atoms with Gasteiger partial charge >= 0.3 is 10.2 Å². The lowest BCUT2D eigenvalue weighted by atomic mass is 9.85. The number of aliphatic hydroxyl groups is 1. The van der Waals surface area contributed by atoms with Crippen molar-refractivity contribution in [2.24, 2.45) is 11.3 Å². The number of fused-ring (bicyclic) bond motifs is 1. The molecular weight excluding hydrogens is 1050 g/mol. The summed E-state index contributed by atoms with van der Waals surface area (Å²) in [5, 5.41) is 16.9. The first-order valence-corrected chi connectivity index (χ1v) is 28.5. The van der Waals surface area contributed by atoms with Gasteiger partial charge in [0.05, 0.1) is 40.0 Å². The Labute approximate surface area is 454 Å². The highest BCUT2D eigenvalue weighted by molar-refractivity contribution is 7.90. The number of nitrogens with one attached hydrogen (secondary N) is 4. The molecule has 0 spiro atoms. The number of β-amino-alcohol motifs (C(OH)–C–C–N with tert-alkyl or cyclic N) is 1. The summed E-state index contributed by atoms with van der Waals surface area (Å²) in [6.07, 6.45) is 1.80. The predicted octanol–water partition coefficient (Wildman–Crippen LogP) is 6.40. The first kappa shape index (κ1) is 54.8. The zero-order chi connectivity index (χ0) is 55.2. The molecule has 0 unspecified atom stereocenters. The van der Waals surface area contributed by atoms with Gasteiger partial charge in [0.1, 0.15) is 29.7 Å². The van der Waals surface area contributed by atoms with Crippen LogP contribution in [0.5, 0.6) is 0 Å². The number of H-pyrrole nitrogens is 1. The highest BCUT2D eigenvalue weighted by Crippen LogP contribution is 2.34. The summed E-state index contributed by atoms with van der Waals surface area (Å²) >= 11 is 1.57. The van der Waals surface area contributed by atoms with Gasteiger partial charge in [-0.3, -0.25) is 28.8 Å². The third-order valence-corrected chi connectivity index (χ3v) is 17.9. The molecule has 10 rings (SSSR count). The Balaban J connectivity index is 0.670. The number of thiazole rings is 1. The number of benzene rings is 3. The van der Waals surface area contributed by atoms with Gasteiger partial charge in [-0.1, -0.05) is 69.3 Å². The SMILES string of the molecule is Cc1ncsc1-c1ccc(CNC(=O)[C@@H]2C[C@@H](O)CN2C(=O)[C@@H](NC(=O)CN2CC(CCN3CC(c4ccc(-c5cnc6[nH]cc(C(=O)c7c(F)ccc(NS(=O)(=O)N8CC[C@@H](F)C8)c7F)c6c5)cc4)C3)C2)C(C)(C)C)cc1. The number of rotatable bonds is 18. The topological polar surface area (TPSA) is 213 Å². The molecule has 412 valence electrons. The molecule has 5 N–H and O–H groups in total. The molecule has 4 saturated heterocycles. The molecule has 3 aromatic carbocycles. The number of alkyl halides is 1. The van der Waals surface area contributed by atoms with E-state index in [1.165, 1.54) is 16.7 Å². The molecular formula is C56H63F3N10O7S2. The number of halogens is 3. The number of anilines is 1. The maximum atomic E-state index is 15.8. The van der Waals surface area contributed by atoms with Crippen molar-refractivity contribution in [3.63, 3.8) is 0 Å². The second-order valence-electron chi connectivity index (χ2n) is 22.2. The first-order valence-electron chi connectivity index (χ1n) is 26.2. The fourth-order valence-corrected chi connectivity index (χ4v) is 13.0. The van der Waals surface area contributed by atoms with E-state index in [2.05, 4.69) is 47.5 Å².